The van der Waals surface area contributed by atoms with Crippen LogP contribution < -0.4 is 9.88 Å². The molecule has 0 aliphatic heterocycles. The average Bonchev–Trinajstić information content (AvgIpc) is 2.51. The third kappa shape index (κ3) is 3.98. The van der Waals surface area contributed by atoms with Gasteiger partial charge in [0, 0.05) is 5.69 Å². The van der Waals surface area contributed by atoms with Gasteiger partial charge in [-0.15, -0.1) is 11.6 Å². The highest BCUT2D eigenvalue weighted by Crippen LogP contribution is 2.16. The van der Waals surface area contributed by atoms with Crippen LogP contribution in [0.4, 0.5) is 5.69 Å². The molecule has 2 aromatic rings. The van der Waals surface area contributed by atoms with Gasteiger partial charge in [0.2, 0.25) is 0 Å². The first kappa shape index (κ1) is 17.6. The molecule has 0 radical (unpaired) electrons. The number of aryl methyl sites for hydroxylation is 3. The number of carbonyl (C=O) groups is 1. The zero-order valence-electron chi connectivity index (χ0n) is 14.3. The summed E-state index contributed by atoms with van der Waals surface area (Å²) >= 11 is 0. The topological polar surface area (TPSA) is 77.0 Å². The smallest absolute Gasteiger partial charge is 0.262 e. The minimum atomic E-state index is -1.59. The Morgan fingerprint density at radius 2 is 2.04 bits per heavy atom. The second kappa shape index (κ2) is 6.81. The number of nitriles is 1. The number of aliphatic hydroxyl groups is 1. The van der Waals surface area contributed by atoms with E-state index in [2.05, 4.69) is 17.6 Å². The van der Waals surface area contributed by atoms with Crippen molar-refractivity contribution in [3.05, 3.63) is 58.9 Å². The number of aromatic nitrogens is 1. The van der Waals surface area contributed by atoms with Crippen molar-refractivity contribution in [2.45, 2.75) is 39.8 Å². The molecule has 2 rings (SSSR count). The minimum Gasteiger partial charge on any atom is -0.375 e. The van der Waals surface area contributed by atoms with Gasteiger partial charge in [-0.05, 0) is 37.6 Å². The maximum absolute atomic E-state index is 12.4. The predicted octanol–water partition coefficient (Wildman–Crippen LogP) is 1.96. The molecule has 0 saturated heterocycles. The maximum atomic E-state index is 12.4. The van der Waals surface area contributed by atoms with E-state index in [0.717, 1.165) is 16.7 Å². The van der Waals surface area contributed by atoms with Crippen LogP contribution in [0.5, 0.6) is 0 Å². The molecule has 5 nitrogen and oxygen atoms in total. The molecule has 1 aromatic carbocycles. The van der Waals surface area contributed by atoms with Crippen molar-refractivity contribution >= 4 is 11.6 Å². The number of rotatable bonds is 4. The molecule has 1 atom stereocenters. The summed E-state index contributed by atoms with van der Waals surface area (Å²) < 4.78 is 1.67. The molecule has 124 valence electrons. The van der Waals surface area contributed by atoms with E-state index >= 15 is 0 Å². The number of hydrogen-bond donors (Lipinski definition) is 2. The van der Waals surface area contributed by atoms with Gasteiger partial charge >= 0.3 is 0 Å². The van der Waals surface area contributed by atoms with E-state index in [1.807, 2.05) is 19.9 Å². The summed E-state index contributed by atoms with van der Waals surface area (Å²) in [5.74, 6) is -0.509. The maximum Gasteiger partial charge on any atom is 0.262 e. The fraction of sp³-hybridized carbons (Fsp3) is 0.316. The molecular formula is C19H21N3O2. The van der Waals surface area contributed by atoms with Gasteiger partial charge in [0.05, 0.1) is 17.8 Å². The summed E-state index contributed by atoms with van der Waals surface area (Å²) in [5.41, 5.74) is 2.35. The highest BCUT2D eigenvalue weighted by Gasteiger charge is 2.34. The molecule has 0 aliphatic rings. The normalized spacial score (nSPS) is 13.0. The Morgan fingerprint density at radius 1 is 1.33 bits per heavy atom. The summed E-state index contributed by atoms with van der Waals surface area (Å²) in [6.45, 7) is 7.27. The number of pyridine rings is 1. The van der Waals surface area contributed by atoms with Crippen molar-refractivity contribution in [1.29, 1.82) is 5.26 Å². The van der Waals surface area contributed by atoms with E-state index in [4.69, 9.17) is 5.26 Å². The molecule has 24 heavy (non-hydrogen) atoms. The average molecular weight is 323 g/mol. The van der Waals surface area contributed by atoms with E-state index in [1.54, 1.807) is 35.9 Å². The minimum absolute atomic E-state index is 0.0925. The van der Waals surface area contributed by atoms with Crippen LogP contribution in [0.3, 0.4) is 0 Å². The molecule has 0 saturated carbocycles. The van der Waals surface area contributed by atoms with Gasteiger partial charge in [-0.3, -0.25) is 4.79 Å². The summed E-state index contributed by atoms with van der Waals surface area (Å²) in [6, 6.07) is 9.00. The van der Waals surface area contributed by atoms with Crippen molar-refractivity contribution in [3.63, 3.8) is 0 Å². The van der Waals surface area contributed by atoms with Crippen LogP contribution in [-0.4, -0.2) is 16.6 Å². The largest absolute Gasteiger partial charge is 0.375 e. The summed E-state index contributed by atoms with van der Waals surface area (Å²) in [5, 5.41) is 22.2. The van der Waals surface area contributed by atoms with E-state index in [9.17, 15) is 9.90 Å². The van der Waals surface area contributed by atoms with Crippen molar-refractivity contribution in [2.24, 2.45) is 0 Å². The number of anilines is 1. The lowest BCUT2D eigenvalue weighted by Crippen LogP contribution is -2.53. The van der Waals surface area contributed by atoms with Gasteiger partial charge < -0.3 is 15.0 Å². The lowest BCUT2D eigenvalue weighted by Gasteiger charge is -2.21. The molecule has 0 spiro atoms. The number of nitrogens with zero attached hydrogens (tertiary/aromatic N) is 2. The predicted molar refractivity (Wildman–Crippen MR) is 90.1 cm³/mol. The Bertz CT molecular complexity index is 820. The lowest BCUT2D eigenvalue weighted by atomic mass is 10.0. The second-order valence-electron chi connectivity index (χ2n) is 6.23. The fourth-order valence-electron chi connectivity index (χ4n) is 2.30. The molecule has 5 heteroatoms. The molecule has 1 amide bonds. The standard InChI is InChI=1S/C19H21N3O2/c1-13-7-8-22(11-15(13)3)12-19(4,24)18(23)21-17-6-5-16(10-20)14(2)9-17/h5-9,24H,12H2,1-4H3,(H,21,23)/t19-/m0/s1. The van der Waals surface area contributed by atoms with Crippen LogP contribution in [-0.2, 0) is 11.3 Å². The summed E-state index contributed by atoms with van der Waals surface area (Å²) in [7, 11) is 0. The molecule has 0 bridgehead atoms. The van der Waals surface area contributed by atoms with Crippen LogP contribution >= 0.6 is 0 Å². The molecule has 0 unspecified atom stereocenters. The first-order valence-corrected chi connectivity index (χ1v) is 7.66. The SMILES string of the molecule is Cc1[c-][n+](C[C@](C)(O)C(=O)Nc2ccc(C#N)c(C)c2)ccc1C. The lowest BCUT2D eigenvalue weighted by molar-refractivity contribution is -0.711. The van der Waals surface area contributed by atoms with Gasteiger partial charge in [0.1, 0.15) is 6.20 Å². The molecule has 1 aromatic heterocycles. The van der Waals surface area contributed by atoms with Crippen LogP contribution in [0.2, 0.25) is 0 Å². The monoisotopic (exact) mass is 323 g/mol. The Balaban J connectivity index is 2.13. The van der Waals surface area contributed by atoms with Crippen LogP contribution in [0.25, 0.3) is 0 Å². The Morgan fingerprint density at radius 3 is 2.62 bits per heavy atom. The highest BCUT2D eigenvalue weighted by molar-refractivity contribution is 5.96. The third-order valence-corrected chi connectivity index (χ3v) is 3.98. The highest BCUT2D eigenvalue weighted by atomic mass is 16.3. The van der Waals surface area contributed by atoms with Crippen molar-refractivity contribution in [2.75, 3.05) is 5.32 Å². The van der Waals surface area contributed by atoms with Gasteiger partial charge in [-0.2, -0.15) is 5.26 Å². The van der Waals surface area contributed by atoms with E-state index in [-0.39, 0.29) is 6.54 Å². The molecule has 2 N–H and O–H groups in total. The number of hydrogen-bond acceptors (Lipinski definition) is 3. The Kier molecular flexibility index (Phi) is 5.01. The zero-order chi connectivity index (χ0) is 17.9. The molecule has 1 heterocycles. The van der Waals surface area contributed by atoms with E-state index in [1.165, 1.54) is 6.92 Å². The van der Waals surface area contributed by atoms with Gasteiger partial charge in [0.25, 0.3) is 5.91 Å². The quantitative estimate of drug-likeness (QED) is 0.667. The van der Waals surface area contributed by atoms with Crippen LogP contribution in [0.1, 0.15) is 29.2 Å². The molecular weight excluding hydrogens is 302 g/mol. The number of amides is 1. The Labute approximate surface area is 142 Å². The van der Waals surface area contributed by atoms with Crippen LogP contribution in [0, 0.1) is 38.3 Å². The number of nitrogens with one attached hydrogen (secondary N) is 1. The zero-order valence-corrected chi connectivity index (χ0v) is 14.3. The van der Waals surface area contributed by atoms with E-state index < -0.39 is 11.5 Å². The second-order valence-corrected chi connectivity index (χ2v) is 6.23. The van der Waals surface area contributed by atoms with Crippen molar-refractivity contribution < 1.29 is 14.5 Å². The van der Waals surface area contributed by atoms with Crippen LogP contribution in [0.15, 0.2) is 30.5 Å². The number of benzene rings is 1. The summed E-state index contributed by atoms with van der Waals surface area (Å²) in [4.78, 5) is 12.4. The van der Waals surface area contributed by atoms with E-state index in [0.29, 0.717) is 11.3 Å². The fourth-order valence-corrected chi connectivity index (χ4v) is 2.30. The van der Waals surface area contributed by atoms with Crippen molar-refractivity contribution in [1.82, 2.24) is 0 Å². The van der Waals surface area contributed by atoms with Gasteiger partial charge in [-0.25, -0.2) is 0 Å². The van der Waals surface area contributed by atoms with Crippen molar-refractivity contribution in [3.8, 4) is 6.07 Å². The van der Waals surface area contributed by atoms with Gasteiger partial charge in [0.15, 0.2) is 12.1 Å². The molecule has 0 fully saturated rings. The first-order valence-electron chi connectivity index (χ1n) is 7.66. The summed E-state index contributed by atoms with van der Waals surface area (Å²) in [6.07, 6.45) is 4.90. The Hall–Kier alpha value is -2.71. The first-order chi connectivity index (χ1) is 11.2. The third-order valence-electron chi connectivity index (χ3n) is 3.98. The molecule has 0 aliphatic carbocycles. The number of carbonyl (C=O) groups excluding carboxylic acids is 1. The van der Waals surface area contributed by atoms with Gasteiger partial charge in [-0.1, -0.05) is 19.4 Å².